The van der Waals surface area contributed by atoms with Crippen molar-refractivity contribution in [3.63, 3.8) is 0 Å². The minimum Gasteiger partial charge on any atom is -0.481 e. The summed E-state index contributed by atoms with van der Waals surface area (Å²) in [6.45, 7) is 0. The predicted molar refractivity (Wildman–Crippen MR) is 48.3 cm³/mol. The van der Waals surface area contributed by atoms with E-state index in [2.05, 4.69) is 0 Å². The summed E-state index contributed by atoms with van der Waals surface area (Å²) in [7, 11) is 0. The van der Waals surface area contributed by atoms with Gasteiger partial charge in [0.15, 0.2) is 0 Å². The molecule has 3 nitrogen and oxygen atoms in total. The molecule has 14 heavy (non-hydrogen) atoms. The van der Waals surface area contributed by atoms with Gasteiger partial charge in [-0.3, -0.25) is 4.79 Å². The van der Waals surface area contributed by atoms with Crippen molar-refractivity contribution >= 4 is 5.97 Å². The van der Waals surface area contributed by atoms with E-state index in [4.69, 9.17) is 10.8 Å². The molecule has 0 aromatic heterocycles. The van der Waals surface area contributed by atoms with E-state index < -0.39 is 17.7 Å². The molecule has 0 radical (unpaired) electrons. The molecule has 0 aliphatic heterocycles. The third-order valence-corrected chi connectivity index (χ3v) is 2.62. The maximum absolute atomic E-state index is 13.4. The van der Waals surface area contributed by atoms with Crippen LogP contribution in [0.1, 0.15) is 29.5 Å². The zero-order chi connectivity index (χ0) is 10.3. The fraction of sp³-hybridized carbons (Fsp3) is 0.300. The highest BCUT2D eigenvalue weighted by Gasteiger charge is 2.35. The van der Waals surface area contributed by atoms with Crippen molar-refractivity contribution in [2.45, 2.75) is 18.4 Å². The molecule has 0 bridgehead atoms. The third-order valence-electron chi connectivity index (χ3n) is 2.62. The lowest BCUT2D eigenvalue weighted by molar-refractivity contribution is -0.138. The molecule has 0 saturated carbocycles. The molecule has 0 saturated heterocycles. The van der Waals surface area contributed by atoms with Crippen LogP contribution in [0.15, 0.2) is 18.2 Å². The van der Waals surface area contributed by atoms with Gasteiger partial charge in [0.05, 0.1) is 5.92 Å². The summed E-state index contributed by atoms with van der Waals surface area (Å²) in [5, 5.41) is 8.88. The SMILES string of the molecule is NC1CC(C(=O)O)c2c(F)cccc21. The quantitative estimate of drug-likeness (QED) is 0.711. The van der Waals surface area contributed by atoms with Crippen LogP contribution in [0.4, 0.5) is 4.39 Å². The molecular formula is C10H10FNO2. The normalized spacial score (nSPS) is 24.7. The molecule has 1 aromatic carbocycles. The summed E-state index contributed by atoms with van der Waals surface area (Å²) in [5.41, 5.74) is 6.59. The molecule has 1 aliphatic carbocycles. The van der Waals surface area contributed by atoms with Gasteiger partial charge in [-0.25, -0.2) is 4.39 Å². The van der Waals surface area contributed by atoms with Crippen molar-refractivity contribution < 1.29 is 14.3 Å². The third kappa shape index (κ3) is 1.19. The maximum Gasteiger partial charge on any atom is 0.311 e. The van der Waals surface area contributed by atoms with E-state index >= 15 is 0 Å². The van der Waals surface area contributed by atoms with Crippen LogP contribution < -0.4 is 5.73 Å². The van der Waals surface area contributed by atoms with Crippen molar-refractivity contribution in [1.29, 1.82) is 0 Å². The van der Waals surface area contributed by atoms with Gasteiger partial charge in [-0.1, -0.05) is 12.1 Å². The second-order valence-electron chi connectivity index (χ2n) is 3.48. The van der Waals surface area contributed by atoms with Crippen LogP contribution in [0.3, 0.4) is 0 Å². The lowest BCUT2D eigenvalue weighted by Crippen LogP contribution is -2.11. The molecule has 0 spiro atoms. The Kier molecular flexibility index (Phi) is 2.00. The summed E-state index contributed by atoms with van der Waals surface area (Å²) in [6, 6.07) is 4.15. The Hall–Kier alpha value is -1.42. The highest BCUT2D eigenvalue weighted by Crippen LogP contribution is 2.40. The average molecular weight is 195 g/mol. The van der Waals surface area contributed by atoms with Crippen molar-refractivity contribution in [3.8, 4) is 0 Å². The molecule has 0 amide bonds. The number of benzene rings is 1. The van der Waals surface area contributed by atoms with Gasteiger partial charge < -0.3 is 10.8 Å². The Morgan fingerprint density at radius 1 is 1.57 bits per heavy atom. The van der Waals surface area contributed by atoms with Crippen LogP contribution in [-0.2, 0) is 4.79 Å². The van der Waals surface area contributed by atoms with E-state index in [1.807, 2.05) is 0 Å². The van der Waals surface area contributed by atoms with Gasteiger partial charge in [0.25, 0.3) is 0 Å². The topological polar surface area (TPSA) is 63.3 Å². The van der Waals surface area contributed by atoms with Crippen LogP contribution in [0.2, 0.25) is 0 Å². The van der Waals surface area contributed by atoms with E-state index in [9.17, 15) is 9.18 Å². The molecule has 2 unspecified atom stereocenters. The van der Waals surface area contributed by atoms with Gasteiger partial charge in [0.1, 0.15) is 5.82 Å². The monoisotopic (exact) mass is 195 g/mol. The number of rotatable bonds is 1. The molecule has 2 rings (SSSR count). The molecule has 3 N–H and O–H groups in total. The van der Waals surface area contributed by atoms with Crippen LogP contribution in [0.5, 0.6) is 0 Å². The first-order chi connectivity index (χ1) is 6.61. The van der Waals surface area contributed by atoms with E-state index in [0.717, 1.165) is 0 Å². The summed E-state index contributed by atoms with van der Waals surface area (Å²) >= 11 is 0. The predicted octanol–water partition coefficient (Wildman–Crippen LogP) is 1.40. The molecule has 0 fully saturated rings. The number of carboxylic acids is 1. The maximum atomic E-state index is 13.4. The second-order valence-corrected chi connectivity index (χ2v) is 3.48. The number of fused-ring (bicyclic) bond motifs is 1. The smallest absolute Gasteiger partial charge is 0.311 e. The molecule has 2 atom stereocenters. The summed E-state index contributed by atoms with van der Waals surface area (Å²) in [6.07, 6.45) is 0.283. The van der Waals surface area contributed by atoms with Crippen molar-refractivity contribution in [3.05, 3.63) is 35.1 Å². The van der Waals surface area contributed by atoms with E-state index in [1.165, 1.54) is 6.07 Å². The van der Waals surface area contributed by atoms with Crippen LogP contribution in [0.25, 0.3) is 0 Å². The second kappa shape index (κ2) is 3.06. The molecule has 4 heteroatoms. The fourth-order valence-electron chi connectivity index (χ4n) is 1.97. The Morgan fingerprint density at radius 2 is 2.29 bits per heavy atom. The minimum atomic E-state index is -1.01. The van der Waals surface area contributed by atoms with Gasteiger partial charge in [-0.15, -0.1) is 0 Å². The Balaban J connectivity index is 2.56. The number of carbonyl (C=O) groups is 1. The lowest BCUT2D eigenvalue weighted by Gasteiger charge is -2.05. The average Bonchev–Trinajstić information content (AvgIpc) is 2.46. The van der Waals surface area contributed by atoms with E-state index in [1.54, 1.807) is 12.1 Å². The first-order valence-electron chi connectivity index (χ1n) is 4.38. The summed E-state index contributed by atoms with van der Waals surface area (Å²) in [4.78, 5) is 10.8. The molecule has 0 heterocycles. The van der Waals surface area contributed by atoms with Crippen molar-refractivity contribution in [2.24, 2.45) is 5.73 Å². The Morgan fingerprint density at radius 3 is 2.93 bits per heavy atom. The minimum absolute atomic E-state index is 0.257. The zero-order valence-electron chi connectivity index (χ0n) is 7.40. The standard InChI is InChI=1S/C10H10FNO2/c11-7-3-1-2-5-8(12)4-6(9(5)7)10(13)14/h1-3,6,8H,4,12H2,(H,13,14). The van der Waals surface area contributed by atoms with Gasteiger partial charge in [0, 0.05) is 11.6 Å². The summed E-state index contributed by atoms with van der Waals surface area (Å²) in [5.74, 6) is -2.27. The van der Waals surface area contributed by atoms with Crippen LogP contribution in [-0.4, -0.2) is 11.1 Å². The fourth-order valence-corrected chi connectivity index (χ4v) is 1.97. The van der Waals surface area contributed by atoms with Crippen LogP contribution in [0, 0.1) is 5.82 Å². The van der Waals surface area contributed by atoms with Gasteiger partial charge in [0.2, 0.25) is 0 Å². The van der Waals surface area contributed by atoms with Gasteiger partial charge in [-0.05, 0) is 18.1 Å². The highest BCUT2D eigenvalue weighted by molar-refractivity contribution is 5.78. The Labute approximate surface area is 80.3 Å². The number of aliphatic carboxylic acids is 1. The molecule has 1 aromatic rings. The zero-order valence-corrected chi connectivity index (χ0v) is 7.40. The number of halogens is 1. The van der Waals surface area contributed by atoms with E-state index in [-0.39, 0.29) is 18.0 Å². The molecule has 1 aliphatic rings. The van der Waals surface area contributed by atoms with Crippen LogP contribution >= 0.6 is 0 Å². The van der Waals surface area contributed by atoms with Gasteiger partial charge >= 0.3 is 5.97 Å². The first-order valence-corrected chi connectivity index (χ1v) is 4.38. The van der Waals surface area contributed by atoms with Gasteiger partial charge in [-0.2, -0.15) is 0 Å². The van der Waals surface area contributed by atoms with Crippen molar-refractivity contribution in [2.75, 3.05) is 0 Å². The number of hydrogen-bond acceptors (Lipinski definition) is 2. The lowest BCUT2D eigenvalue weighted by atomic mass is 10.0. The Bertz CT molecular complexity index is 392. The number of nitrogens with two attached hydrogens (primary N) is 1. The number of carboxylic acid groups (broad SMARTS) is 1. The van der Waals surface area contributed by atoms with E-state index in [0.29, 0.717) is 5.56 Å². The number of hydrogen-bond donors (Lipinski definition) is 2. The highest BCUT2D eigenvalue weighted by atomic mass is 19.1. The molecule has 74 valence electrons. The molecular weight excluding hydrogens is 185 g/mol. The van der Waals surface area contributed by atoms with Crippen molar-refractivity contribution in [1.82, 2.24) is 0 Å². The first kappa shape index (κ1) is 9.15. The largest absolute Gasteiger partial charge is 0.481 e. The summed E-state index contributed by atoms with van der Waals surface area (Å²) < 4.78 is 13.4.